The Bertz CT molecular complexity index is 1500. The number of likely N-dealkylation sites (tertiary alicyclic amines) is 1. The Balaban J connectivity index is 1.28. The summed E-state index contributed by atoms with van der Waals surface area (Å²) in [5, 5.41) is 7.72. The molecule has 1 aliphatic carbocycles. The summed E-state index contributed by atoms with van der Waals surface area (Å²) in [5.41, 5.74) is 0.608. The van der Waals surface area contributed by atoms with Crippen molar-refractivity contribution >= 4 is 22.6 Å². The molecule has 0 unspecified atom stereocenters. The number of H-pyrrole nitrogens is 1. The van der Waals surface area contributed by atoms with Crippen molar-refractivity contribution in [2.75, 3.05) is 20.1 Å². The van der Waals surface area contributed by atoms with Crippen LogP contribution in [0.3, 0.4) is 0 Å². The summed E-state index contributed by atoms with van der Waals surface area (Å²) in [7, 11) is 1.40. The minimum Gasteiger partial charge on any atom is -0.490 e. The molecule has 212 valence electrons. The van der Waals surface area contributed by atoms with E-state index in [1.165, 1.54) is 35.0 Å². The number of aromatic nitrogens is 2. The van der Waals surface area contributed by atoms with Gasteiger partial charge in [-0.2, -0.15) is 18.3 Å². The normalized spacial score (nSPS) is 16.0. The molecular formula is C28H28F4N4O4. The number of alkyl halides is 3. The molecule has 2 fully saturated rings. The second-order valence-corrected chi connectivity index (χ2v) is 10.4. The Morgan fingerprint density at radius 1 is 1.12 bits per heavy atom. The van der Waals surface area contributed by atoms with Gasteiger partial charge in [-0.05, 0) is 55.2 Å². The number of carbonyl (C=O) groups is 2. The van der Waals surface area contributed by atoms with Gasteiger partial charge in [0.15, 0.2) is 0 Å². The SMILES string of the molecule is CN(C(=O)CCC(F)(F)F)C1CN(C(=O)c2cc(Cc3n[nH]c(=O)c4ccc(OC5CCC5)cc34)ccc2F)C1. The Labute approximate surface area is 226 Å². The van der Waals surface area contributed by atoms with Crippen LogP contribution in [0.4, 0.5) is 17.6 Å². The molecule has 1 aliphatic heterocycles. The van der Waals surface area contributed by atoms with Gasteiger partial charge in [-0.15, -0.1) is 0 Å². The monoisotopic (exact) mass is 560 g/mol. The van der Waals surface area contributed by atoms with Crippen LogP contribution in [0.1, 0.15) is 53.7 Å². The number of benzene rings is 2. The van der Waals surface area contributed by atoms with Crippen molar-refractivity contribution in [3.05, 3.63) is 69.4 Å². The first-order valence-electron chi connectivity index (χ1n) is 13.1. The number of aromatic amines is 1. The molecule has 2 aromatic carbocycles. The average Bonchev–Trinajstić information content (AvgIpc) is 2.86. The number of nitrogens with one attached hydrogen (secondary N) is 1. The third-order valence-corrected chi connectivity index (χ3v) is 7.54. The van der Waals surface area contributed by atoms with Crippen molar-refractivity contribution in [2.45, 2.75) is 56.8 Å². The van der Waals surface area contributed by atoms with Gasteiger partial charge >= 0.3 is 6.18 Å². The maximum absolute atomic E-state index is 14.7. The molecular weight excluding hydrogens is 532 g/mol. The number of nitrogens with zero attached hydrogens (tertiary/aromatic N) is 3. The van der Waals surface area contributed by atoms with Gasteiger partial charge in [0, 0.05) is 38.4 Å². The molecule has 12 heteroatoms. The van der Waals surface area contributed by atoms with Crippen molar-refractivity contribution in [2.24, 2.45) is 0 Å². The lowest BCUT2D eigenvalue weighted by Gasteiger charge is -2.44. The number of amides is 2. The Hall–Kier alpha value is -3.96. The Morgan fingerprint density at radius 3 is 2.55 bits per heavy atom. The van der Waals surface area contributed by atoms with Crippen LogP contribution in [0.25, 0.3) is 10.8 Å². The van der Waals surface area contributed by atoms with Crippen LogP contribution < -0.4 is 10.3 Å². The number of hydrogen-bond donors (Lipinski definition) is 1. The van der Waals surface area contributed by atoms with Crippen LogP contribution >= 0.6 is 0 Å². The van der Waals surface area contributed by atoms with E-state index >= 15 is 0 Å². The molecule has 0 bridgehead atoms. The van der Waals surface area contributed by atoms with E-state index < -0.39 is 42.7 Å². The van der Waals surface area contributed by atoms with Crippen LogP contribution in [0.5, 0.6) is 5.75 Å². The van der Waals surface area contributed by atoms with Gasteiger partial charge in [0.05, 0.1) is 35.2 Å². The molecule has 0 spiro atoms. The molecule has 8 nitrogen and oxygen atoms in total. The van der Waals surface area contributed by atoms with Gasteiger partial charge in [0.2, 0.25) is 5.91 Å². The molecule has 3 aromatic rings. The van der Waals surface area contributed by atoms with Gasteiger partial charge in [-0.25, -0.2) is 9.49 Å². The fourth-order valence-corrected chi connectivity index (χ4v) is 4.79. The lowest BCUT2D eigenvalue weighted by molar-refractivity contribution is -0.150. The van der Waals surface area contributed by atoms with Gasteiger partial charge in [0.25, 0.3) is 11.5 Å². The Morgan fingerprint density at radius 2 is 1.88 bits per heavy atom. The van der Waals surface area contributed by atoms with E-state index in [-0.39, 0.29) is 36.7 Å². The van der Waals surface area contributed by atoms with Crippen molar-refractivity contribution in [3.63, 3.8) is 0 Å². The third-order valence-electron chi connectivity index (χ3n) is 7.54. The van der Waals surface area contributed by atoms with E-state index in [0.29, 0.717) is 27.8 Å². The molecule has 0 atom stereocenters. The lowest BCUT2D eigenvalue weighted by atomic mass is 9.96. The molecule has 2 amide bonds. The third kappa shape index (κ3) is 5.95. The van der Waals surface area contributed by atoms with Crippen molar-refractivity contribution < 1.29 is 31.9 Å². The Kier molecular flexibility index (Phi) is 7.52. The first-order valence-corrected chi connectivity index (χ1v) is 13.1. The number of rotatable bonds is 8. The number of hydrogen-bond acceptors (Lipinski definition) is 5. The second-order valence-electron chi connectivity index (χ2n) is 10.4. The smallest absolute Gasteiger partial charge is 0.389 e. The first kappa shape index (κ1) is 27.6. The summed E-state index contributed by atoms with van der Waals surface area (Å²) in [6, 6.07) is 8.90. The average molecular weight is 561 g/mol. The molecule has 1 saturated carbocycles. The van der Waals surface area contributed by atoms with E-state index in [9.17, 15) is 31.9 Å². The summed E-state index contributed by atoms with van der Waals surface area (Å²) in [6.45, 7) is 0.180. The van der Waals surface area contributed by atoms with Gasteiger partial charge in [-0.3, -0.25) is 14.4 Å². The second kappa shape index (κ2) is 10.9. The number of halogens is 4. The largest absolute Gasteiger partial charge is 0.490 e. The summed E-state index contributed by atoms with van der Waals surface area (Å²) < 4.78 is 58.0. The summed E-state index contributed by atoms with van der Waals surface area (Å²) in [5.74, 6) is -1.33. The van der Waals surface area contributed by atoms with E-state index in [0.717, 1.165) is 19.3 Å². The van der Waals surface area contributed by atoms with Crippen LogP contribution in [-0.4, -0.2) is 70.3 Å². The van der Waals surface area contributed by atoms with Gasteiger partial charge in [0.1, 0.15) is 11.6 Å². The van der Waals surface area contributed by atoms with Crippen molar-refractivity contribution in [3.8, 4) is 5.75 Å². The zero-order valence-electron chi connectivity index (χ0n) is 21.8. The summed E-state index contributed by atoms with van der Waals surface area (Å²) >= 11 is 0. The highest BCUT2D eigenvalue weighted by Gasteiger charge is 2.37. The standard InChI is InChI=1S/C28H28F4N4O4/c1-35(25(37)9-10-28(30,31)32)17-14-36(15-17)27(39)22-11-16(5-8-23(22)29)12-24-21-13-19(40-18-3-2-4-18)6-7-20(21)26(38)34-33-24/h5-8,11,13,17-18H,2-4,9-10,12,14-15H2,1H3,(H,34,38). The highest BCUT2D eigenvalue weighted by atomic mass is 19.4. The molecule has 40 heavy (non-hydrogen) atoms. The number of ether oxygens (including phenoxy) is 1. The van der Waals surface area contributed by atoms with Crippen LogP contribution in [-0.2, 0) is 11.2 Å². The molecule has 2 aliphatic rings. The maximum Gasteiger partial charge on any atom is 0.389 e. The van der Waals surface area contributed by atoms with E-state index in [4.69, 9.17) is 4.74 Å². The molecule has 1 N–H and O–H groups in total. The molecule has 0 radical (unpaired) electrons. The summed E-state index contributed by atoms with van der Waals surface area (Å²) in [4.78, 5) is 40.0. The first-order chi connectivity index (χ1) is 19.0. The number of fused-ring (bicyclic) bond motifs is 1. The minimum absolute atomic E-state index is 0.0899. The molecule has 5 rings (SSSR count). The molecule has 2 heterocycles. The topological polar surface area (TPSA) is 95.6 Å². The predicted molar refractivity (Wildman–Crippen MR) is 138 cm³/mol. The van der Waals surface area contributed by atoms with E-state index in [1.807, 2.05) is 0 Å². The minimum atomic E-state index is -4.43. The maximum atomic E-state index is 14.7. The van der Waals surface area contributed by atoms with Crippen molar-refractivity contribution in [1.29, 1.82) is 0 Å². The van der Waals surface area contributed by atoms with Gasteiger partial charge < -0.3 is 14.5 Å². The van der Waals surface area contributed by atoms with Crippen LogP contribution in [0.15, 0.2) is 41.2 Å². The highest BCUT2D eigenvalue weighted by Crippen LogP contribution is 2.29. The summed E-state index contributed by atoms with van der Waals surface area (Å²) in [6.07, 6.45) is -2.86. The number of carbonyl (C=O) groups excluding carboxylic acids is 2. The quantitative estimate of drug-likeness (QED) is 0.417. The molecule has 1 saturated heterocycles. The van der Waals surface area contributed by atoms with Gasteiger partial charge in [-0.1, -0.05) is 6.07 Å². The van der Waals surface area contributed by atoms with E-state index in [1.54, 1.807) is 18.2 Å². The zero-order chi connectivity index (χ0) is 28.6. The van der Waals surface area contributed by atoms with Crippen molar-refractivity contribution in [1.82, 2.24) is 20.0 Å². The predicted octanol–water partition coefficient (Wildman–Crippen LogP) is 4.21. The zero-order valence-corrected chi connectivity index (χ0v) is 21.8. The van der Waals surface area contributed by atoms with Crippen LogP contribution in [0.2, 0.25) is 0 Å². The fourth-order valence-electron chi connectivity index (χ4n) is 4.79. The fraction of sp³-hybridized carbons (Fsp3) is 0.429. The van der Waals surface area contributed by atoms with E-state index in [2.05, 4.69) is 10.2 Å². The number of likely N-dealkylation sites (N-methyl/N-ethyl adjacent to an activating group) is 1. The highest BCUT2D eigenvalue weighted by molar-refractivity contribution is 5.95. The van der Waals surface area contributed by atoms with Crippen LogP contribution in [0, 0.1) is 5.82 Å². The molecule has 1 aromatic heterocycles. The lowest BCUT2D eigenvalue weighted by Crippen LogP contribution is -2.61.